The maximum absolute atomic E-state index is 2.12. The van der Waals surface area contributed by atoms with Crippen molar-refractivity contribution in [3.8, 4) is 0 Å². The molecule has 0 N–H and O–H groups in total. The number of hydrogen-bond donors (Lipinski definition) is 0. The van der Waals surface area contributed by atoms with Crippen LogP contribution in [0.1, 0.15) is 35.1 Å². The van der Waals surface area contributed by atoms with Gasteiger partial charge in [-0.3, -0.25) is 0 Å². The van der Waals surface area contributed by atoms with Crippen molar-refractivity contribution in [2.75, 3.05) is 0 Å². The molecule has 0 rings (SSSR count). The Hall–Kier alpha value is -0.780. The first kappa shape index (κ1) is 12.9. The van der Waals surface area contributed by atoms with Gasteiger partial charge in [0.2, 0.25) is 0 Å². The van der Waals surface area contributed by atoms with Crippen molar-refractivity contribution in [1.29, 1.82) is 0 Å². The predicted octanol–water partition coefficient (Wildman–Crippen LogP) is 4.11. The maximum Gasteiger partial charge on any atom is -0.0395 e. The highest BCUT2D eigenvalue weighted by Gasteiger charge is 1.84. The van der Waals surface area contributed by atoms with Crippen LogP contribution in [0.5, 0.6) is 0 Å². The van der Waals surface area contributed by atoms with Crippen LogP contribution in [-0.4, -0.2) is 0 Å². The minimum absolute atomic E-state index is 0. The molecule has 0 saturated carbocycles. The highest BCUT2D eigenvalue weighted by atomic mass is 13.9. The SMILES string of the molecule is C.C/C=C/C(C)=C(C)\C=C\C. The van der Waals surface area contributed by atoms with E-state index in [9.17, 15) is 0 Å². The van der Waals surface area contributed by atoms with Crippen LogP contribution in [-0.2, 0) is 0 Å². The first-order valence-corrected chi connectivity index (χ1v) is 3.65. The summed E-state index contributed by atoms with van der Waals surface area (Å²) >= 11 is 0. The van der Waals surface area contributed by atoms with Crippen molar-refractivity contribution < 1.29 is 0 Å². The molecule has 0 heterocycles. The standard InChI is InChI=1S/C10H16.CH4/c1-5-7-9(3)10(4)8-6-2;/h5-8H,1-4H3;1H4/b7-5+,8-6+,10-9-;. The van der Waals surface area contributed by atoms with E-state index in [-0.39, 0.29) is 7.43 Å². The van der Waals surface area contributed by atoms with Crippen LogP contribution in [0, 0.1) is 0 Å². The van der Waals surface area contributed by atoms with E-state index in [4.69, 9.17) is 0 Å². The Kier molecular flexibility index (Phi) is 8.57. The van der Waals surface area contributed by atoms with E-state index in [0.29, 0.717) is 0 Å². The molecule has 0 unspecified atom stereocenters. The molecule has 0 amide bonds. The number of rotatable bonds is 2. The van der Waals surface area contributed by atoms with E-state index in [1.54, 1.807) is 0 Å². The van der Waals surface area contributed by atoms with Crippen LogP contribution in [0.25, 0.3) is 0 Å². The van der Waals surface area contributed by atoms with Gasteiger partial charge in [-0.15, -0.1) is 0 Å². The van der Waals surface area contributed by atoms with E-state index in [1.807, 2.05) is 13.8 Å². The van der Waals surface area contributed by atoms with E-state index < -0.39 is 0 Å². The van der Waals surface area contributed by atoms with Gasteiger partial charge in [-0.25, -0.2) is 0 Å². The fourth-order valence-corrected chi connectivity index (χ4v) is 0.763. The average Bonchev–Trinajstić information content (AvgIpc) is 1.89. The largest absolute Gasteiger partial charge is 0.0874 e. The van der Waals surface area contributed by atoms with Gasteiger partial charge in [0.15, 0.2) is 0 Å². The third-order valence-electron chi connectivity index (χ3n) is 1.46. The van der Waals surface area contributed by atoms with Gasteiger partial charge in [0.05, 0.1) is 0 Å². The molecular formula is C11H20. The van der Waals surface area contributed by atoms with Crippen LogP contribution in [0.15, 0.2) is 35.5 Å². The van der Waals surface area contributed by atoms with Crippen molar-refractivity contribution in [2.45, 2.75) is 35.1 Å². The first-order chi connectivity index (χ1) is 4.72. The lowest BCUT2D eigenvalue weighted by atomic mass is 10.1. The van der Waals surface area contributed by atoms with Crippen LogP contribution >= 0.6 is 0 Å². The Morgan fingerprint density at radius 3 is 1.27 bits per heavy atom. The highest BCUT2D eigenvalue weighted by Crippen LogP contribution is 2.05. The van der Waals surface area contributed by atoms with Gasteiger partial charge in [-0.1, -0.05) is 31.7 Å². The van der Waals surface area contributed by atoms with Gasteiger partial charge in [-0.2, -0.15) is 0 Å². The molecule has 0 aromatic carbocycles. The summed E-state index contributed by atoms with van der Waals surface area (Å²) in [5, 5.41) is 0. The lowest BCUT2D eigenvalue weighted by Crippen LogP contribution is -1.74. The molecule has 0 heteroatoms. The van der Waals surface area contributed by atoms with Crippen LogP contribution in [0.4, 0.5) is 0 Å². The predicted molar refractivity (Wildman–Crippen MR) is 54.7 cm³/mol. The lowest BCUT2D eigenvalue weighted by molar-refractivity contribution is 1.36. The van der Waals surface area contributed by atoms with Crippen LogP contribution in [0.3, 0.4) is 0 Å². The summed E-state index contributed by atoms with van der Waals surface area (Å²) in [6.45, 7) is 8.31. The average molecular weight is 152 g/mol. The Morgan fingerprint density at radius 1 is 0.818 bits per heavy atom. The summed E-state index contributed by atoms with van der Waals surface area (Å²) in [6, 6.07) is 0. The van der Waals surface area contributed by atoms with E-state index in [2.05, 4.69) is 38.2 Å². The fraction of sp³-hybridized carbons (Fsp3) is 0.455. The molecule has 0 aliphatic heterocycles. The maximum atomic E-state index is 2.12. The van der Waals surface area contributed by atoms with Gasteiger partial charge in [0.25, 0.3) is 0 Å². The van der Waals surface area contributed by atoms with E-state index >= 15 is 0 Å². The topological polar surface area (TPSA) is 0 Å². The summed E-state index contributed by atoms with van der Waals surface area (Å²) in [5.74, 6) is 0. The fourth-order valence-electron chi connectivity index (χ4n) is 0.763. The normalized spacial score (nSPS) is 13.5. The zero-order chi connectivity index (χ0) is 7.98. The quantitative estimate of drug-likeness (QED) is 0.522. The minimum atomic E-state index is 0. The second-order valence-corrected chi connectivity index (χ2v) is 2.37. The molecule has 0 aromatic rings. The Morgan fingerprint density at radius 2 is 1.09 bits per heavy atom. The first-order valence-electron chi connectivity index (χ1n) is 3.65. The zero-order valence-electron chi connectivity index (χ0n) is 7.31. The number of hydrogen-bond acceptors (Lipinski definition) is 0. The van der Waals surface area contributed by atoms with Gasteiger partial charge < -0.3 is 0 Å². The van der Waals surface area contributed by atoms with Crippen molar-refractivity contribution >= 4 is 0 Å². The molecule has 11 heavy (non-hydrogen) atoms. The van der Waals surface area contributed by atoms with Crippen LogP contribution in [0.2, 0.25) is 0 Å². The second-order valence-electron chi connectivity index (χ2n) is 2.37. The Balaban J connectivity index is 0. The minimum Gasteiger partial charge on any atom is -0.0874 e. The Bertz CT molecular complexity index is 148. The molecule has 0 nitrogen and oxygen atoms in total. The van der Waals surface area contributed by atoms with Crippen molar-refractivity contribution in [3.05, 3.63) is 35.5 Å². The second kappa shape index (κ2) is 7.33. The van der Waals surface area contributed by atoms with Gasteiger partial charge in [0.1, 0.15) is 0 Å². The summed E-state index contributed by atoms with van der Waals surface area (Å²) in [7, 11) is 0. The van der Waals surface area contributed by atoms with Crippen LogP contribution < -0.4 is 0 Å². The molecule has 0 radical (unpaired) electrons. The molecule has 0 saturated heterocycles. The molecule has 0 aliphatic carbocycles. The monoisotopic (exact) mass is 152 g/mol. The van der Waals surface area contributed by atoms with Gasteiger partial charge in [-0.05, 0) is 38.8 Å². The molecule has 0 aliphatic rings. The molecule has 0 aromatic heterocycles. The smallest absolute Gasteiger partial charge is 0.0395 e. The summed E-state index contributed by atoms with van der Waals surface area (Å²) < 4.78 is 0. The molecule has 0 spiro atoms. The highest BCUT2D eigenvalue weighted by molar-refractivity contribution is 5.29. The third-order valence-corrected chi connectivity index (χ3v) is 1.46. The van der Waals surface area contributed by atoms with Crippen molar-refractivity contribution in [1.82, 2.24) is 0 Å². The third kappa shape index (κ3) is 5.65. The van der Waals surface area contributed by atoms with E-state index in [1.165, 1.54) is 11.1 Å². The van der Waals surface area contributed by atoms with Gasteiger partial charge in [0, 0.05) is 0 Å². The zero-order valence-corrected chi connectivity index (χ0v) is 7.31. The van der Waals surface area contributed by atoms with Crippen molar-refractivity contribution in [3.63, 3.8) is 0 Å². The Labute approximate surface area is 71.3 Å². The summed E-state index contributed by atoms with van der Waals surface area (Å²) in [5.41, 5.74) is 2.67. The summed E-state index contributed by atoms with van der Waals surface area (Å²) in [6.07, 6.45) is 8.36. The lowest BCUT2D eigenvalue weighted by Gasteiger charge is -1.94. The number of allylic oxidation sites excluding steroid dienone is 6. The molecule has 0 fully saturated rings. The summed E-state index contributed by atoms with van der Waals surface area (Å²) in [4.78, 5) is 0. The van der Waals surface area contributed by atoms with Gasteiger partial charge >= 0.3 is 0 Å². The molecular weight excluding hydrogens is 132 g/mol. The molecule has 0 atom stereocenters. The van der Waals surface area contributed by atoms with Crippen molar-refractivity contribution in [2.24, 2.45) is 0 Å². The van der Waals surface area contributed by atoms with E-state index in [0.717, 1.165) is 0 Å². The molecule has 64 valence electrons. The molecule has 0 bridgehead atoms.